The number of nitrogens with two attached hydrogens (primary N) is 1. The number of carboxylic acid groups (broad SMARTS) is 1. The third kappa shape index (κ3) is 8.64. The van der Waals surface area contributed by atoms with Crippen molar-refractivity contribution in [1.82, 2.24) is 4.90 Å². The Kier molecular flexibility index (Phi) is 9.10. The van der Waals surface area contributed by atoms with Crippen molar-refractivity contribution in [3.05, 3.63) is 53.6 Å². The van der Waals surface area contributed by atoms with Gasteiger partial charge in [0.05, 0.1) is 6.61 Å². The third-order valence-corrected chi connectivity index (χ3v) is 6.19. The van der Waals surface area contributed by atoms with Gasteiger partial charge in [0.1, 0.15) is 16.4 Å². The molecule has 0 aromatic heterocycles. The van der Waals surface area contributed by atoms with E-state index in [4.69, 9.17) is 30.0 Å². The first-order chi connectivity index (χ1) is 15.5. The van der Waals surface area contributed by atoms with E-state index in [1.165, 1.54) is 6.07 Å². The van der Waals surface area contributed by atoms with Crippen LogP contribution in [0.15, 0.2) is 47.4 Å². The molecule has 33 heavy (non-hydrogen) atoms. The summed E-state index contributed by atoms with van der Waals surface area (Å²) in [6.07, 6.45) is 1.80. The topological polar surface area (TPSA) is 143 Å². The quantitative estimate of drug-likeness (QED) is 0.327. The number of nitrogens with zero attached hydrogens (tertiary/aromatic N) is 1. The predicted octanol–water partition coefficient (Wildman–Crippen LogP) is 3.15. The highest BCUT2D eigenvalue weighted by Crippen LogP contribution is 2.27. The minimum atomic E-state index is -3.91. The molecule has 0 atom stereocenters. The fourth-order valence-corrected chi connectivity index (χ4v) is 4.37. The molecule has 0 bridgehead atoms. The minimum absolute atomic E-state index is 0.111. The number of likely N-dealkylation sites (tertiary alicyclic amines) is 1. The first-order valence-electron chi connectivity index (χ1n) is 10.5. The van der Waals surface area contributed by atoms with Crippen molar-refractivity contribution in [3.8, 4) is 11.5 Å². The second-order valence-electron chi connectivity index (χ2n) is 7.98. The van der Waals surface area contributed by atoms with Gasteiger partial charge >= 0.3 is 10.1 Å². The molecule has 0 spiro atoms. The molecule has 3 rings (SSSR count). The van der Waals surface area contributed by atoms with Gasteiger partial charge in [-0.05, 0) is 68.0 Å². The van der Waals surface area contributed by atoms with Crippen LogP contribution in [-0.4, -0.2) is 50.0 Å². The number of aliphatic carboxylic acids is 1. The molecular formula is C23H31N3O6S. The molecule has 2 aromatic carbocycles. The molecule has 0 radical (unpaired) electrons. The highest BCUT2D eigenvalue weighted by Gasteiger charge is 2.21. The molecule has 9 nitrogen and oxygen atoms in total. The van der Waals surface area contributed by atoms with Crippen molar-refractivity contribution in [2.24, 2.45) is 11.7 Å². The number of hydrogen-bond donors (Lipinski definition) is 3. The van der Waals surface area contributed by atoms with E-state index in [-0.39, 0.29) is 16.6 Å². The van der Waals surface area contributed by atoms with Crippen LogP contribution < -0.4 is 14.7 Å². The summed E-state index contributed by atoms with van der Waals surface area (Å²) in [4.78, 5) is 11.0. The highest BCUT2D eigenvalue weighted by atomic mass is 32.2. The van der Waals surface area contributed by atoms with Crippen LogP contribution in [0.4, 0.5) is 0 Å². The number of benzene rings is 2. The lowest BCUT2D eigenvalue weighted by atomic mass is 9.98. The molecular weight excluding hydrogens is 446 g/mol. The minimum Gasteiger partial charge on any atom is -0.493 e. The smallest absolute Gasteiger partial charge is 0.339 e. The summed E-state index contributed by atoms with van der Waals surface area (Å²) in [6, 6.07) is 11.7. The fourth-order valence-electron chi connectivity index (χ4n) is 3.35. The third-order valence-electron chi connectivity index (χ3n) is 4.95. The van der Waals surface area contributed by atoms with Gasteiger partial charge in [-0.15, -0.1) is 0 Å². The molecule has 0 saturated carbocycles. The number of carboxylic acids is 1. The number of hydrogen-bond acceptors (Lipinski definition) is 6. The van der Waals surface area contributed by atoms with Crippen LogP contribution in [0.25, 0.3) is 0 Å². The van der Waals surface area contributed by atoms with Gasteiger partial charge in [0.2, 0.25) is 0 Å². The normalized spacial score (nSPS) is 14.1. The van der Waals surface area contributed by atoms with E-state index in [0.717, 1.165) is 44.0 Å². The maximum absolute atomic E-state index is 12.6. The Morgan fingerprint density at radius 3 is 2.30 bits per heavy atom. The molecule has 1 aliphatic rings. The number of carbonyl (C=O) groups is 1. The van der Waals surface area contributed by atoms with E-state index in [1.54, 1.807) is 24.3 Å². The Hall–Kier alpha value is -3.27. The summed E-state index contributed by atoms with van der Waals surface area (Å²) in [7, 11) is -3.91. The first-order valence-corrected chi connectivity index (χ1v) is 11.9. The zero-order valence-corrected chi connectivity index (χ0v) is 19.9. The number of rotatable bonds is 6. The maximum atomic E-state index is 12.6. The van der Waals surface area contributed by atoms with Gasteiger partial charge in [-0.25, -0.2) is 0 Å². The van der Waals surface area contributed by atoms with Gasteiger partial charge in [0.25, 0.3) is 5.97 Å². The molecule has 10 heteroatoms. The van der Waals surface area contributed by atoms with Crippen molar-refractivity contribution in [2.75, 3.05) is 19.7 Å². The molecule has 0 amide bonds. The Bertz CT molecular complexity index is 1080. The van der Waals surface area contributed by atoms with Crippen molar-refractivity contribution < 1.29 is 27.2 Å². The van der Waals surface area contributed by atoms with Crippen LogP contribution in [0.1, 0.15) is 30.9 Å². The molecule has 2 aromatic rings. The monoisotopic (exact) mass is 477 g/mol. The largest absolute Gasteiger partial charge is 0.493 e. The van der Waals surface area contributed by atoms with E-state index in [2.05, 4.69) is 0 Å². The predicted molar refractivity (Wildman–Crippen MR) is 125 cm³/mol. The van der Waals surface area contributed by atoms with Crippen molar-refractivity contribution in [2.45, 2.75) is 38.5 Å². The lowest BCUT2D eigenvalue weighted by Crippen LogP contribution is -2.43. The van der Waals surface area contributed by atoms with Gasteiger partial charge in [-0.3, -0.25) is 10.2 Å². The summed E-state index contributed by atoms with van der Waals surface area (Å²) in [5.74, 6) is 0.451. The first kappa shape index (κ1) is 26.0. The average molecular weight is 478 g/mol. The van der Waals surface area contributed by atoms with E-state index >= 15 is 0 Å². The molecule has 4 N–H and O–H groups in total. The van der Waals surface area contributed by atoms with E-state index in [9.17, 15) is 8.42 Å². The van der Waals surface area contributed by atoms with E-state index in [1.807, 2.05) is 30.9 Å². The van der Waals surface area contributed by atoms with Crippen molar-refractivity contribution in [3.63, 3.8) is 0 Å². The van der Waals surface area contributed by atoms with Crippen LogP contribution in [0.3, 0.4) is 0 Å². The molecule has 0 unspecified atom stereocenters. The molecule has 1 aliphatic heterocycles. The zero-order chi connectivity index (χ0) is 24.6. The Balaban J connectivity index is 0.000000890. The summed E-state index contributed by atoms with van der Waals surface area (Å²) in [5, 5.41) is 14.9. The standard InChI is InChI=1S/C21H27N3O4S.C2H4O2/c1-15-4-3-5-20(12-15)29(25,26)28-19-11-16(2)10-18(13-19)27-14-17-6-8-24(9-7-17)21(22)23;1-2(3)4/h3-5,10-13,17H,6-9,14H2,1-2H3,(H3,22,23);1H3,(H,3,4). The summed E-state index contributed by atoms with van der Waals surface area (Å²) < 4.78 is 36.4. The van der Waals surface area contributed by atoms with Crippen LogP contribution in [0.2, 0.25) is 0 Å². The Labute approximate surface area is 194 Å². The lowest BCUT2D eigenvalue weighted by molar-refractivity contribution is -0.134. The summed E-state index contributed by atoms with van der Waals surface area (Å²) in [6.45, 7) is 6.81. The second kappa shape index (κ2) is 11.6. The van der Waals surface area contributed by atoms with Gasteiger partial charge in [-0.1, -0.05) is 12.1 Å². The van der Waals surface area contributed by atoms with Gasteiger partial charge in [0, 0.05) is 26.1 Å². The molecule has 180 valence electrons. The number of piperidine rings is 1. The maximum Gasteiger partial charge on any atom is 0.339 e. The van der Waals surface area contributed by atoms with Crippen LogP contribution in [0, 0.1) is 25.2 Å². The van der Waals surface area contributed by atoms with Crippen molar-refractivity contribution in [1.29, 1.82) is 5.41 Å². The fraction of sp³-hybridized carbons (Fsp3) is 0.391. The Morgan fingerprint density at radius 2 is 1.73 bits per heavy atom. The highest BCUT2D eigenvalue weighted by molar-refractivity contribution is 7.87. The SMILES string of the molecule is CC(=O)O.Cc1cc(OCC2CCN(C(=N)N)CC2)cc(OS(=O)(=O)c2cccc(C)c2)c1. The average Bonchev–Trinajstić information content (AvgIpc) is 2.71. The number of aryl methyl sites for hydroxylation is 2. The summed E-state index contributed by atoms with van der Waals surface area (Å²) >= 11 is 0. The van der Waals surface area contributed by atoms with E-state index in [0.29, 0.717) is 18.3 Å². The molecule has 0 aliphatic carbocycles. The van der Waals surface area contributed by atoms with E-state index < -0.39 is 16.1 Å². The number of guanidine groups is 1. The molecule has 1 fully saturated rings. The number of nitrogens with one attached hydrogen (secondary N) is 1. The zero-order valence-electron chi connectivity index (χ0n) is 19.1. The van der Waals surface area contributed by atoms with Crippen molar-refractivity contribution >= 4 is 22.0 Å². The van der Waals surface area contributed by atoms with Gasteiger partial charge in [-0.2, -0.15) is 8.42 Å². The van der Waals surface area contributed by atoms with Crippen LogP contribution in [0.5, 0.6) is 11.5 Å². The summed E-state index contributed by atoms with van der Waals surface area (Å²) in [5.41, 5.74) is 7.22. The number of ether oxygens (including phenoxy) is 1. The van der Waals surface area contributed by atoms with Gasteiger partial charge < -0.3 is 24.7 Å². The Morgan fingerprint density at radius 1 is 1.12 bits per heavy atom. The second-order valence-corrected chi connectivity index (χ2v) is 9.53. The molecule has 1 heterocycles. The molecule has 1 saturated heterocycles. The van der Waals surface area contributed by atoms with Crippen LogP contribution >= 0.6 is 0 Å². The van der Waals surface area contributed by atoms with Gasteiger partial charge in [0.15, 0.2) is 5.96 Å². The van der Waals surface area contributed by atoms with Crippen LogP contribution in [-0.2, 0) is 14.9 Å². The lowest BCUT2D eigenvalue weighted by Gasteiger charge is -2.32.